The standard InChI is InChI=1S/C18H21N3O2/c1-12-9-14-5-3-4-6-16(14)21(12)17-10-15(7-8-19-17)18(23)20-11-13(2)22/h3-8,10,12-13,22H,9,11H2,1-2H3,(H,20,23). The van der Waals surface area contributed by atoms with Gasteiger partial charge in [0, 0.05) is 30.0 Å². The zero-order valence-corrected chi connectivity index (χ0v) is 13.4. The van der Waals surface area contributed by atoms with E-state index in [9.17, 15) is 9.90 Å². The fraction of sp³-hybridized carbons (Fsp3) is 0.333. The summed E-state index contributed by atoms with van der Waals surface area (Å²) in [4.78, 5) is 18.8. The number of fused-ring (bicyclic) bond motifs is 1. The Morgan fingerprint density at radius 2 is 2.22 bits per heavy atom. The minimum absolute atomic E-state index is 0.199. The summed E-state index contributed by atoms with van der Waals surface area (Å²) >= 11 is 0. The van der Waals surface area contributed by atoms with Gasteiger partial charge in [-0.25, -0.2) is 4.98 Å². The molecule has 0 radical (unpaired) electrons. The molecule has 23 heavy (non-hydrogen) atoms. The van der Waals surface area contributed by atoms with Crippen LogP contribution in [0.15, 0.2) is 42.6 Å². The lowest BCUT2D eigenvalue weighted by Gasteiger charge is -2.24. The molecule has 1 aliphatic rings. The first-order valence-electron chi connectivity index (χ1n) is 7.85. The number of benzene rings is 1. The van der Waals surface area contributed by atoms with Crippen LogP contribution in [-0.2, 0) is 6.42 Å². The summed E-state index contributed by atoms with van der Waals surface area (Å²) in [7, 11) is 0. The van der Waals surface area contributed by atoms with Gasteiger partial charge in [-0.1, -0.05) is 18.2 Å². The normalized spacial score (nSPS) is 17.7. The number of aromatic nitrogens is 1. The van der Waals surface area contributed by atoms with Crippen molar-refractivity contribution in [2.45, 2.75) is 32.4 Å². The van der Waals surface area contributed by atoms with Crippen molar-refractivity contribution < 1.29 is 9.90 Å². The topological polar surface area (TPSA) is 65.5 Å². The molecule has 2 atom stereocenters. The van der Waals surface area contributed by atoms with Gasteiger partial charge in [-0.15, -0.1) is 0 Å². The molecule has 0 saturated heterocycles. The Balaban J connectivity index is 1.87. The van der Waals surface area contributed by atoms with Crippen LogP contribution in [0.2, 0.25) is 0 Å². The van der Waals surface area contributed by atoms with Crippen LogP contribution in [0, 0.1) is 0 Å². The minimum atomic E-state index is -0.564. The van der Waals surface area contributed by atoms with Gasteiger partial charge in [0.25, 0.3) is 5.91 Å². The third-order valence-corrected chi connectivity index (χ3v) is 4.02. The van der Waals surface area contributed by atoms with Crippen molar-refractivity contribution in [1.82, 2.24) is 10.3 Å². The summed E-state index contributed by atoms with van der Waals surface area (Å²) in [5, 5.41) is 12.0. The fourth-order valence-electron chi connectivity index (χ4n) is 2.95. The molecule has 1 aromatic heterocycles. The number of nitrogens with one attached hydrogen (secondary N) is 1. The summed E-state index contributed by atoms with van der Waals surface area (Å²) in [6.07, 6.45) is 2.06. The highest BCUT2D eigenvalue weighted by Crippen LogP contribution is 2.37. The third-order valence-electron chi connectivity index (χ3n) is 4.02. The maximum atomic E-state index is 12.2. The van der Waals surface area contributed by atoms with Gasteiger partial charge in [-0.3, -0.25) is 4.79 Å². The number of amides is 1. The van der Waals surface area contributed by atoms with E-state index in [1.807, 2.05) is 12.1 Å². The van der Waals surface area contributed by atoms with E-state index in [2.05, 4.69) is 34.3 Å². The van der Waals surface area contributed by atoms with E-state index in [-0.39, 0.29) is 12.5 Å². The van der Waals surface area contributed by atoms with Crippen molar-refractivity contribution in [2.75, 3.05) is 11.4 Å². The smallest absolute Gasteiger partial charge is 0.251 e. The number of hydrogen-bond acceptors (Lipinski definition) is 4. The molecule has 1 aliphatic heterocycles. The second-order valence-corrected chi connectivity index (χ2v) is 6.01. The molecule has 2 N–H and O–H groups in total. The van der Waals surface area contributed by atoms with Crippen LogP contribution in [0.4, 0.5) is 11.5 Å². The molecule has 2 heterocycles. The average molecular weight is 311 g/mol. The van der Waals surface area contributed by atoms with Crippen molar-refractivity contribution in [3.63, 3.8) is 0 Å². The Kier molecular flexibility index (Phi) is 4.30. The van der Waals surface area contributed by atoms with E-state index in [1.165, 1.54) is 5.56 Å². The minimum Gasteiger partial charge on any atom is -0.392 e. The lowest BCUT2D eigenvalue weighted by atomic mass is 10.1. The van der Waals surface area contributed by atoms with Gasteiger partial charge in [0.2, 0.25) is 0 Å². The van der Waals surface area contributed by atoms with Crippen molar-refractivity contribution in [1.29, 1.82) is 0 Å². The third kappa shape index (κ3) is 3.19. The second kappa shape index (κ2) is 6.38. The highest BCUT2D eigenvalue weighted by atomic mass is 16.3. The number of aliphatic hydroxyl groups excluding tert-OH is 1. The molecule has 0 aliphatic carbocycles. The number of carbonyl (C=O) groups is 1. The number of aliphatic hydroxyl groups is 1. The van der Waals surface area contributed by atoms with E-state index in [0.717, 1.165) is 17.9 Å². The Labute approximate surface area is 136 Å². The van der Waals surface area contributed by atoms with Crippen LogP contribution in [0.1, 0.15) is 29.8 Å². The molecule has 5 heteroatoms. The molecule has 120 valence electrons. The predicted octanol–water partition coefficient (Wildman–Crippen LogP) is 2.27. The van der Waals surface area contributed by atoms with Gasteiger partial charge in [0.05, 0.1) is 6.10 Å². The Morgan fingerprint density at radius 1 is 1.43 bits per heavy atom. The van der Waals surface area contributed by atoms with Crippen LogP contribution < -0.4 is 10.2 Å². The summed E-state index contributed by atoms with van der Waals surface area (Å²) in [5.41, 5.74) is 2.99. The monoisotopic (exact) mass is 311 g/mol. The molecule has 3 rings (SSSR count). The average Bonchev–Trinajstić information content (AvgIpc) is 2.88. The number of nitrogens with zero attached hydrogens (tertiary/aromatic N) is 2. The molecule has 0 spiro atoms. The number of hydrogen-bond donors (Lipinski definition) is 2. The Bertz CT molecular complexity index is 715. The quantitative estimate of drug-likeness (QED) is 0.909. The zero-order valence-electron chi connectivity index (χ0n) is 13.4. The number of anilines is 2. The first kappa shape index (κ1) is 15.5. The maximum absolute atomic E-state index is 12.2. The van der Waals surface area contributed by atoms with E-state index in [1.54, 1.807) is 25.3 Å². The molecule has 0 saturated carbocycles. The lowest BCUT2D eigenvalue weighted by Crippen LogP contribution is -2.31. The first-order valence-corrected chi connectivity index (χ1v) is 7.85. The molecular weight excluding hydrogens is 290 g/mol. The van der Waals surface area contributed by atoms with Gasteiger partial charge in [0.15, 0.2) is 0 Å². The van der Waals surface area contributed by atoms with Crippen LogP contribution >= 0.6 is 0 Å². The maximum Gasteiger partial charge on any atom is 0.251 e. The largest absolute Gasteiger partial charge is 0.392 e. The van der Waals surface area contributed by atoms with Crippen molar-refractivity contribution in [3.05, 3.63) is 53.7 Å². The van der Waals surface area contributed by atoms with Crippen LogP contribution in [-0.4, -0.2) is 34.7 Å². The number of carbonyl (C=O) groups excluding carboxylic acids is 1. The van der Waals surface area contributed by atoms with E-state index >= 15 is 0 Å². The van der Waals surface area contributed by atoms with Gasteiger partial charge < -0.3 is 15.3 Å². The summed E-state index contributed by atoms with van der Waals surface area (Å²) in [5.74, 6) is 0.571. The van der Waals surface area contributed by atoms with Crippen LogP contribution in [0.25, 0.3) is 0 Å². The Hall–Kier alpha value is -2.40. The fourth-order valence-corrected chi connectivity index (χ4v) is 2.95. The molecule has 1 aromatic carbocycles. The predicted molar refractivity (Wildman–Crippen MR) is 90.0 cm³/mol. The molecule has 1 amide bonds. The summed E-state index contributed by atoms with van der Waals surface area (Å²) < 4.78 is 0. The van der Waals surface area contributed by atoms with Crippen molar-refractivity contribution >= 4 is 17.4 Å². The summed E-state index contributed by atoms with van der Waals surface area (Å²) in [6.45, 7) is 4.03. The lowest BCUT2D eigenvalue weighted by molar-refractivity contribution is 0.0924. The molecule has 0 fully saturated rings. The molecule has 5 nitrogen and oxygen atoms in total. The zero-order chi connectivity index (χ0) is 16.4. The summed E-state index contributed by atoms with van der Waals surface area (Å²) in [6, 6.07) is 12.1. The van der Waals surface area contributed by atoms with E-state index < -0.39 is 6.10 Å². The van der Waals surface area contributed by atoms with Gasteiger partial charge in [-0.2, -0.15) is 0 Å². The molecule has 2 aromatic rings. The van der Waals surface area contributed by atoms with E-state index in [4.69, 9.17) is 0 Å². The van der Waals surface area contributed by atoms with Gasteiger partial charge in [0.1, 0.15) is 5.82 Å². The number of rotatable bonds is 4. The molecule has 0 bridgehead atoms. The Morgan fingerprint density at radius 3 is 3.00 bits per heavy atom. The highest BCUT2D eigenvalue weighted by molar-refractivity contribution is 5.95. The van der Waals surface area contributed by atoms with E-state index in [0.29, 0.717) is 11.6 Å². The first-order chi connectivity index (χ1) is 11.1. The van der Waals surface area contributed by atoms with Gasteiger partial charge >= 0.3 is 0 Å². The number of para-hydroxylation sites is 1. The number of pyridine rings is 1. The molecular formula is C18H21N3O2. The van der Waals surface area contributed by atoms with Crippen LogP contribution in [0.5, 0.6) is 0 Å². The van der Waals surface area contributed by atoms with Crippen molar-refractivity contribution in [3.8, 4) is 0 Å². The second-order valence-electron chi connectivity index (χ2n) is 6.01. The highest BCUT2D eigenvalue weighted by Gasteiger charge is 2.27. The molecule has 2 unspecified atom stereocenters. The van der Waals surface area contributed by atoms with Crippen molar-refractivity contribution in [2.24, 2.45) is 0 Å². The van der Waals surface area contributed by atoms with Crippen LogP contribution in [0.3, 0.4) is 0 Å². The SMILES string of the molecule is CC(O)CNC(=O)c1ccnc(N2c3ccccc3CC2C)c1. The van der Waals surface area contributed by atoms with Gasteiger partial charge in [-0.05, 0) is 44.0 Å².